The van der Waals surface area contributed by atoms with E-state index in [4.69, 9.17) is 11.5 Å². The number of amides is 2. The summed E-state index contributed by atoms with van der Waals surface area (Å²) in [6, 6.07) is 40.5. The van der Waals surface area contributed by atoms with Gasteiger partial charge in [-0.05, 0) is 86.0 Å². The molecule has 2 aliphatic heterocycles. The van der Waals surface area contributed by atoms with Crippen molar-refractivity contribution in [2.24, 2.45) is 23.3 Å². The molecule has 2 aliphatic rings. The minimum Gasteiger partial charge on any atom is -0.369 e. The number of carbonyl (C=O) groups excluding carboxylic acids is 2. The second kappa shape index (κ2) is 16.0. The van der Waals surface area contributed by atoms with Crippen molar-refractivity contribution >= 4 is 11.8 Å². The van der Waals surface area contributed by atoms with Gasteiger partial charge in [0, 0.05) is 13.1 Å². The number of primary amides is 2. The van der Waals surface area contributed by atoms with E-state index in [-0.39, 0.29) is 23.7 Å². The average molecular weight is 657 g/mol. The third kappa shape index (κ3) is 7.08. The van der Waals surface area contributed by atoms with Crippen LogP contribution >= 0.6 is 0 Å². The van der Waals surface area contributed by atoms with Crippen LogP contribution in [-0.4, -0.2) is 60.9 Å². The summed E-state index contributed by atoms with van der Waals surface area (Å²) in [5.74, 6) is -0.254. The van der Waals surface area contributed by atoms with E-state index in [1.54, 1.807) is 0 Å². The molecule has 4 aromatic carbocycles. The lowest BCUT2D eigenvalue weighted by Gasteiger charge is -2.37. The number of nitrogens with two attached hydrogens (primary N) is 2. The van der Waals surface area contributed by atoms with Crippen molar-refractivity contribution in [3.63, 3.8) is 0 Å². The Morgan fingerprint density at radius 1 is 0.490 bits per heavy atom. The number of likely N-dealkylation sites (tertiary alicyclic amines) is 2. The maximum absolute atomic E-state index is 13.4. The van der Waals surface area contributed by atoms with Crippen LogP contribution in [0.3, 0.4) is 0 Å². The monoisotopic (exact) mass is 656 g/mol. The Morgan fingerprint density at radius 2 is 0.776 bits per heavy atom. The Morgan fingerprint density at radius 3 is 1.06 bits per heavy atom. The molecule has 2 saturated heterocycles. The van der Waals surface area contributed by atoms with E-state index in [0.29, 0.717) is 0 Å². The summed E-state index contributed by atoms with van der Waals surface area (Å²) >= 11 is 0. The molecule has 6 heteroatoms. The molecule has 0 bridgehead atoms. The number of carbonyl (C=O) groups is 2. The number of nitrogens with zero attached hydrogens (tertiary/aromatic N) is 2. The zero-order valence-electron chi connectivity index (χ0n) is 28.8. The first-order valence-electron chi connectivity index (χ1n) is 18.2. The molecular weight excluding hydrogens is 604 g/mol. The number of rotatable bonds is 16. The van der Waals surface area contributed by atoms with E-state index in [0.717, 1.165) is 87.2 Å². The number of unbranched alkanes of at least 4 members (excludes halogenated alkanes) is 4. The van der Waals surface area contributed by atoms with Crippen molar-refractivity contribution < 1.29 is 9.59 Å². The Bertz CT molecular complexity index is 1430. The molecule has 4 aromatic rings. The Kier molecular flexibility index (Phi) is 11.3. The number of hydrogen-bond donors (Lipinski definition) is 2. The summed E-state index contributed by atoms with van der Waals surface area (Å²) in [7, 11) is 0. The molecule has 4 N–H and O–H groups in total. The van der Waals surface area contributed by atoms with Crippen molar-refractivity contribution in [2.75, 3.05) is 39.3 Å². The minimum absolute atomic E-state index is 0.135. The van der Waals surface area contributed by atoms with Crippen molar-refractivity contribution in [1.82, 2.24) is 9.80 Å². The van der Waals surface area contributed by atoms with Gasteiger partial charge in [0.15, 0.2) is 0 Å². The van der Waals surface area contributed by atoms with E-state index in [1.165, 1.54) is 19.3 Å². The van der Waals surface area contributed by atoms with E-state index < -0.39 is 10.8 Å². The van der Waals surface area contributed by atoms with Crippen LogP contribution in [0.15, 0.2) is 121 Å². The first-order valence-corrected chi connectivity index (χ1v) is 18.2. The van der Waals surface area contributed by atoms with Gasteiger partial charge in [0.25, 0.3) is 0 Å². The van der Waals surface area contributed by atoms with Crippen LogP contribution in [0.1, 0.15) is 67.2 Å². The van der Waals surface area contributed by atoms with Crippen LogP contribution in [0.2, 0.25) is 0 Å². The van der Waals surface area contributed by atoms with Gasteiger partial charge in [-0.25, -0.2) is 0 Å². The highest BCUT2D eigenvalue weighted by Gasteiger charge is 2.50. The molecule has 49 heavy (non-hydrogen) atoms. The van der Waals surface area contributed by atoms with Gasteiger partial charge in [-0.3, -0.25) is 9.59 Å². The second-order valence-corrected chi connectivity index (χ2v) is 14.1. The maximum atomic E-state index is 13.4. The van der Waals surface area contributed by atoms with Crippen LogP contribution in [0.25, 0.3) is 0 Å². The quantitative estimate of drug-likeness (QED) is 0.134. The second-order valence-electron chi connectivity index (χ2n) is 14.1. The molecule has 0 aliphatic carbocycles. The SMILES string of the molecule is NC(=O)C(c1ccccc1)(c1ccccc1)C1CCN(CCCCCCCN2CCC(C(C(N)=O)(c3ccccc3)c3ccccc3)C2)C1. The fourth-order valence-corrected chi connectivity index (χ4v) is 9.03. The van der Waals surface area contributed by atoms with Gasteiger partial charge in [-0.1, -0.05) is 141 Å². The van der Waals surface area contributed by atoms with Gasteiger partial charge in [0.1, 0.15) is 10.8 Å². The van der Waals surface area contributed by atoms with E-state index >= 15 is 0 Å². The normalized spacial score (nSPS) is 18.9. The molecule has 2 amide bonds. The number of benzene rings is 4. The zero-order valence-corrected chi connectivity index (χ0v) is 28.8. The summed E-state index contributed by atoms with van der Waals surface area (Å²) < 4.78 is 0. The van der Waals surface area contributed by atoms with Crippen LogP contribution in [0.5, 0.6) is 0 Å². The van der Waals surface area contributed by atoms with E-state index in [2.05, 4.69) is 58.3 Å². The average Bonchev–Trinajstić information content (AvgIpc) is 3.81. The molecular formula is C43H52N4O2. The Balaban J connectivity index is 0.979. The highest BCUT2D eigenvalue weighted by Crippen LogP contribution is 2.45. The number of hydrogen-bond acceptors (Lipinski definition) is 4. The van der Waals surface area contributed by atoms with Crippen LogP contribution in [-0.2, 0) is 20.4 Å². The molecule has 2 fully saturated rings. The lowest BCUT2D eigenvalue weighted by atomic mass is 9.64. The van der Waals surface area contributed by atoms with Crippen molar-refractivity contribution in [1.29, 1.82) is 0 Å². The molecule has 6 nitrogen and oxygen atoms in total. The largest absolute Gasteiger partial charge is 0.369 e. The van der Waals surface area contributed by atoms with Gasteiger partial charge in [-0.15, -0.1) is 0 Å². The smallest absolute Gasteiger partial charge is 0.232 e. The molecule has 2 atom stereocenters. The van der Waals surface area contributed by atoms with Gasteiger partial charge >= 0.3 is 0 Å². The summed E-state index contributed by atoms with van der Waals surface area (Å²) in [4.78, 5) is 31.8. The molecule has 0 radical (unpaired) electrons. The Hall–Kier alpha value is -4.26. The third-order valence-corrected chi connectivity index (χ3v) is 11.4. The van der Waals surface area contributed by atoms with Crippen molar-refractivity contribution in [3.05, 3.63) is 144 Å². The van der Waals surface area contributed by atoms with Crippen LogP contribution in [0, 0.1) is 11.8 Å². The predicted octanol–water partition coefficient (Wildman–Crippen LogP) is 6.52. The molecule has 0 aromatic heterocycles. The van der Waals surface area contributed by atoms with E-state index in [1.807, 2.05) is 72.8 Å². The summed E-state index contributed by atoms with van der Waals surface area (Å²) in [5, 5.41) is 0. The van der Waals surface area contributed by atoms with Crippen LogP contribution in [0.4, 0.5) is 0 Å². The molecule has 6 rings (SSSR count). The van der Waals surface area contributed by atoms with Crippen molar-refractivity contribution in [2.45, 2.75) is 55.8 Å². The standard InChI is InChI=1S/C43H52N4O2/c44-40(48)42(34-18-8-4-9-19-34,35-20-10-5-11-21-35)38-26-30-46(32-38)28-16-2-1-3-17-29-47-31-27-39(33-47)43(41(45)49,36-22-12-6-13-23-36)37-24-14-7-15-25-37/h4-15,18-25,38-39H,1-3,16-17,26-33H2,(H2,44,48)(H2,45,49). The summed E-state index contributed by atoms with van der Waals surface area (Å²) in [5.41, 5.74) is 14.9. The van der Waals surface area contributed by atoms with Crippen molar-refractivity contribution in [3.8, 4) is 0 Å². The van der Waals surface area contributed by atoms with E-state index in [9.17, 15) is 9.59 Å². The molecule has 2 heterocycles. The highest BCUT2D eigenvalue weighted by atomic mass is 16.2. The molecule has 2 unspecified atom stereocenters. The third-order valence-electron chi connectivity index (χ3n) is 11.4. The molecule has 0 spiro atoms. The fourth-order valence-electron chi connectivity index (χ4n) is 9.03. The fraction of sp³-hybridized carbons (Fsp3) is 0.395. The lowest BCUT2D eigenvalue weighted by molar-refractivity contribution is -0.124. The molecule has 256 valence electrons. The maximum Gasteiger partial charge on any atom is 0.232 e. The topological polar surface area (TPSA) is 92.7 Å². The van der Waals surface area contributed by atoms with Crippen LogP contribution < -0.4 is 11.5 Å². The van der Waals surface area contributed by atoms with Gasteiger partial charge in [0.2, 0.25) is 11.8 Å². The summed E-state index contributed by atoms with van der Waals surface area (Å²) in [6.45, 7) is 5.85. The zero-order chi connectivity index (χ0) is 34.1. The van der Waals surface area contributed by atoms with Gasteiger partial charge in [-0.2, -0.15) is 0 Å². The van der Waals surface area contributed by atoms with Gasteiger partial charge < -0.3 is 21.3 Å². The van der Waals surface area contributed by atoms with Gasteiger partial charge in [0.05, 0.1) is 0 Å². The highest BCUT2D eigenvalue weighted by molar-refractivity contribution is 5.92. The summed E-state index contributed by atoms with van der Waals surface area (Å²) in [6.07, 6.45) is 7.85. The molecule has 0 saturated carbocycles. The Labute approximate surface area is 292 Å². The lowest BCUT2D eigenvalue weighted by Crippen LogP contribution is -2.49. The first-order chi connectivity index (χ1) is 24.0. The predicted molar refractivity (Wildman–Crippen MR) is 198 cm³/mol. The minimum atomic E-state index is -0.828. The first kappa shape index (κ1) is 34.6.